The summed E-state index contributed by atoms with van der Waals surface area (Å²) in [5.41, 5.74) is 2.35. The summed E-state index contributed by atoms with van der Waals surface area (Å²) in [5, 5.41) is 2.14. The van der Waals surface area contributed by atoms with Gasteiger partial charge in [-0.3, -0.25) is 9.69 Å². The number of halogens is 1. The van der Waals surface area contributed by atoms with E-state index in [-0.39, 0.29) is 17.8 Å². The van der Waals surface area contributed by atoms with Crippen molar-refractivity contribution in [1.29, 1.82) is 0 Å². The second kappa shape index (κ2) is 7.26. The third-order valence-electron chi connectivity index (χ3n) is 5.30. The summed E-state index contributed by atoms with van der Waals surface area (Å²) >= 11 is 1.82. The molecule has 5 heteroatoms. The van der Waals surface area contributed by atoms with Crippen LogP contribution in [0.1, 0.15) is 28.8 Å². The van der Waals surface area contributed by atoms with E-state index in [0.717, 1.165) is 50.9 Å². The molecule has 0 radical (unpaired) electrons. The van der Waals surface area contributed by atoms with Crippen molar-refractivity contribution in [2.75, 3.05) is 19.6 Å². The van der Waals surface area contributed by atoms with Crippen LogP contribution >= 0.6 is 11.3 Å². The van der Waals surface area contributed by atoms with Gasteiger partial charge in [0, 0.05) is 30.6 Å². The van der Waals surface area contributed by atoms with E-state index in [1.54, 1.807) is 12.1 Å². The van der Waals surface area contributed by atoms with Crippen LogP contribution < -0.4 is 0 Å². The lowest BCUT2D eigenvalue weighted by Crippen LogP contribution is -2.44. The Kier molecular flexibility index (Phi) is 4.86. The Labute approximate surface area is 152 Å². The zero-order chi connectivity index (χ0) is 17.2. The zero-order valence-corrected chi connectivity index (χ0v) is 15.1. The Morgan fingerprint density at radius 3 is 3.08 bits per heavy atom. The summed E-state index contributed by atoms with van der Waals surface area (Å²) in [5.74, 6) is 0.0193. The molecule has 2 aromatic rings. The highest BCUT2D eigenvalue weighted by Crippen LogP contribution is 2.25. The molecule has 1 fully saturated rings. The molecule has 2 aliphatic rings. The van der Waals surface area contributed by atoms with Crippen molar-refractivity contribution < 1.29 is 9.18 Å². The average molecular weight is 358 g/mol. The number of hydrogen-bond donors (Lipinski definition) is 0. The van der Waals surface area contributed by atoms with Gasteiger partial charge >= 0.3 is 0 Å². The SMILES string of the molecule is O=C(CN1CCc2sccc2C1)N1CCC[C@@H]1Cc1cccc(F)c1. The molecular formula is C20H23FN2OS. The molecule has 3 nitrogen and oxygen atoms in total. The van der Waals surface area contributed by atoms with E-state index in [2.05, 4.69) is 16.3 Å². The summed E-state index contributed by atoms with van der Waals surface area (Å²) in [4.78, 5) is 18.6. The Hall–Kier alpha value is -1.72. The number of nitrogens with zero attached hydrogens (tertiary/aromatic N) is 2. The van der Waals surface area contributed by atoms with E-state index in [1.165, 1.54) is 16.5 Å². The standard InChI is InChI=1S/C20H23FN2OS/c21-17-4-1-3-15(11-17)12-18-5-2-8-23(18)20(24)14-22-9-6-19-16(13-22)7-10-25-19/h1,3-4,7,10-11,18H,2,5-6,8-9,12-14H2/t18-/m1/s1. The maximum Gasteiger partial charge on any atom is 0.237 e. The second-order valence-electron chi connectivity index (χ2n) is 7.05. The van der Waals surface area contributed by atoms with E-state index in [4.69, 9.17) is 0 Å². The van der Waals surface area contributed by atoms with Crippen LogP contribution in [0.4, 0.5) is 4.39 Å². The van der Waals surface area contributed by atoms with E-state index < -0.39 is 0 Å². The van der Waals surface area contributed by atoms with Crippen molar-refractivity contribution in [3.8, 4) is 0 Å². The molecule has 0 saturated carbocycles. The maximum absolute atomic E-state index is 13.4. The lowest BCUT2D eigenvalue weighted by atomic mass is 10.0. The fourth-order valence-electron chi connectivity index (χ4n) is 4.04. The molecule has 3 heterocycles. The van der Waals surface area contributed by atoms with Gasteiger partial charge in [0.2, 0.25) is 5.91 Å². The van der Waals surface area contributed by atoms with Gasteiger partial charge in [-0.05, 0) is 60.4 Å². The van der Waals surface area contributed by atoms with Crippen molar-refractivity contribution in [2.45, 2.75) is 38.3 Å². The quantitative estimate of drug-likeness (QED) is 0.835. The average Bonchev–Trinajstić information content (AvgIpc) is 3.23. The molecule has 0 spiro atoms. The second-order valence-corrected chi connectivity index (χ2v) is 8.05. The fourth-order valence-corrected chi connectivity index (χ4v) is 4.93. The van der Waals surface area contributed by atoms with Gasteiger partial charge in [-0.25, -0.2) is 4.39 Å². The van der Waals surface area contributed by atoms with Crippen molar-refractivity contribution >= 4 is 17.2 Å². The predicted molar refractivity (Wildman–Crippen MR) is 98.1 cm³/mol. The Bertz CT molecular complexity index is 760. The van der Waals surface area contributed by atoms with Gasteiger partial charge in [-0.15, -0.1) is 11.3 Å². The highest BCUT2D eigenvalue weighted by Gasteiger charge is 2.30. The summed E-state index contributed by atoms with van der Waals surface area (Å²) in [6, 6.07) is 9.14. The molecule has 1 saturated heterocycles. The van der Waals surface area contributed by atoms with Gasteiger partial charge < -0.3 is 4.90 Å². The molecule has 25 heavy (non-hydrogen) atoms. The minimum absolute atomic E-state index is 0.201. The Morgan fingerprint density at radius 1 is 1.28 bits per heavy atom. The molecule has 1 atom stereocenters. The minimum Gasteiger partial charge on any atom is -0.338 e. The number of benzene rings is 1. The first-order chi connectivity index (χ1) is 12.2. The summed E-state index contributed by atoms with van der Waals surface area (Å²) in [6.07, 6.45) is 3.85. The van der Waals surface area contributed by atoms with Crippen LogP contribution in [0.25, 0.3) is 0 Å². The highest BCUT2D eigenvalue weighted by molar-refractivity contribution is 7.10. The van der Waals surface area contributed by atoms with Crippen LogP contribution in [0, 0.1) is 5.82 Å². The first-order valence-corrected chi connectivity index (χ1v) is 9.88. The Morgan fingerprint density at radius 2 is 2.20 bits per heavy atom. The van der Waals surface area contributed by atoms with Gasteiger partial charge in [0.15, 0.2) is 0 Å². The van der Waals surface area contributed by atoms with Crippen molar-refractivity contribution in [3.63, 3.8) is 0 Å². The van der Waals surface area contributed by atoms with Crippen molar-refractivity contribution in [3.05, 3.63) is 57.5 Å². The monoisotopic (exact) mass is 358 g/mol. The zero-order valence-electron chi connectivity index (χ0n) is 14.3. The van der Waals surface area contributed by atoms with Crippen molar-refractivity contribution in [2.24, 2.45) is 0 Å². The molecule has 132 valence electrons. The van der Waals surface area contributed by atoms with Gasteiger partial charge in [-0.1, -0.05) is 12.1 Å². The molecule has 0 unspecified atom stereocenters. The van der Waals surface area contributed by atoms with Gasteiger partial charge in [-0.2, -0.15) is 0 Å². The third-order valence-corrected chi connectivity index (χ3v) is 6.33. The van der Waals surface area contributed by atoms with E-state index in [1.807, 2.05) is 22.3 Å². The summed E-state index contributed by atoms with van der Waals surface area (Å²) < 4.78 is 13.4. The largest absolute Gasteiger partial charge is 0.338 e. The number of rotatable bonds is 4. The van der Waals surface area contributed by atoms with Gasteiger partial charge in [0.05, 0.1) is 6.54 Å². The first-order valence-electron chi connectivity index (χ1n) is 9.00. The summed E-state index contributed by atoms with van der Waals surface area (Å²) in [7, 11) is 0. The van der Waals surface area contributed by atoms with Crippen LogP contribution in [-0.4, -0.2) is 41.4 Å². The molecule has 4 rings (SSSR count). The van der Waals surface area contributed by atoms with Crippen LogP contribution in [0.3, 0.4) is 0 Å². The van der Waals surface area contributed by atoms with Crippen molar-refractivity contribution in [1.82, 2.24) is 9.80 Å². The highest BCUT2D eigenvalue weighted by atomic mass is 32.1. The van der Waals surface area contributed by atoms with Crippen LogP contribution in [0.5, 0.6) is 0 Å². The summed E-state index contributed by atoms with van der Waals surface area (Å²) in [6.45, 7) is 3.17. The third kappa shape index (κ3) is 3.77. The van der Waals surface area contributed by atoms with Gasteiger partial charge in [0.1, 0.15) is 5.82 Å². The molecule has 0 bridgehead atoms. The lowest BCUT2D eigenvalue weighted by molar-refractivity contribution is -0.133. The number of hydrogen-bond acceptors (Lipinski definition) is 3. The smallest absolute Gasteiger partial charge is 0.237 e. The molecule has 1 aromatic heterocycles. The minimum atomic E-state index is -0.201. The predicted octanol–water partition coefficient (Wildman–Crippen LogP) is 3.48. The molecule has 1 amide bonds. The number of likely N-dealkylation sites (tertiary alicyclic amines) is 1. The maximum atomic E-state index is 13.4. The van der Waals surface area contributed by atoms with Gasteiger partial charge in [0.25, 0.3) is 0 Å². The Balaban J connectivity index is 1.38. The number of carbonyl (C=O) groups is 1. The number of carbonyl (C=O) groups excluding carboxylic acids is 1. The van der Waals surface area contributed by atoms with Crippen LogP contribution in [0.15, 0.2) is 35.7 Å². The van der Waals surface area contributed by atoms with E-state index >= 15 is 0 Å². The van der Waals surface area contributed by atoms with Crippen LogP contribution in [-0.2, 0) is 24.2 Å². The lowest BCUT2D eigenvalue weighted by Gasteiger charge is -2.30. The molecule has 0 aliphatic carbocycles. The normalized spacial score (nSPS) is 20.7. The fraction of sp³-hybridized carbons (Fsp3) is 0.450. The molecule has 1 aromatic carbocycles. The van der Waals surface area contributed by atoms with Crippen LogP contribution in [0.2, 0.25) is 0 Å². The first kappa shape index (κ1) is 16.7. The van der Waals surface area contributed by atoms with E-state index in [0.29, 0.717) is 6.54 Å². The molecular weight excluding hydrogens is 335 g/mol. The number of thiophene rings is 1. The molecule has 0 N–H and O–H groups in total. The molecule has 2 aliphatic heterocycles. The number of fused-ring (bicyclic) bond motifs is 1. The van der Waals surface area contributed by atoms with E-state index in [9.17, 15) is 9.18 Å². The number of amides is 1. The topological polar surface area (TPSA) is 23.6 Å².